The summed E-state index contributed by atoms with van der Waals surface area (Å²) in [6, 6.07) is 1.15. The first-order valence-electron chi connectivity index (χ1n) is 10.8. The summed E-state index contributed by atoms with van der Waals surface area (Å²) in [5.74, 6) is -3.05. The van der Waals surface area contributed by atoms with Crippen LogP contribution in [-0.2, 0) is 16.0 Å². The van der Waals surface area contributed by atoms with E-state index in [9.17, 15) is 22.8 Å². The SMILES string of the molecule is CO.NC(Cc1cc(F)c(F)cc1F)C1CC2CC[C@H](C1)N2C(=O)CNC(=O)C1CC1. The van der Waals surface area contributed by atoms with Crippen LogP contribution in [0.15, 0.2) is 12.1 Å². The molecule has 2 heterocycles. The summed E-state index contributed by atoms with van der Waals surface area (Å²) in [7, 11) is 1.00. The largest absolute Gasteiger partial charge is 0.400 e. The number of aliphatic hydroxyl groups excluding tert-OH is 1. The van der Waals surface area contributed by atoms with Crippen molar-refractivity contribution in [3.8, 4) is 0 Å². The van der Waals surface area contributed by atoms with Gasteiger partial charge in [-0.1, -0.05) is 0 Å². The molecule has 3 aliphatic rings. The van der Waals surface area contributed by atoms with E-state index in [0.717, 1.165) is 38.9 Å². The van der Waals surface area contributed by atoms with Crippen molar-refractivity contribution in [1.82, 2.24) is 10.2 Å². The van der Waals surface area contributed by atoms with Gasteiger partial charge in [0.25, 0.3) is 0 Å². The van der Waals surface area contributed by atoms with Crippen LogP contribution in [0.1, 0.15) is 44.1 Å². The zero-order valence-electron chi connectivity index (χ0n) is 17.6. The maximum absolute atomic E-state index is 14.0. The number of hydrogen-bond donors (Lipinski definition) is 3. The number of nitrogens with zero attached hydrogens (tertiary/aromatic N) is 1. The topological polar surface area (TPSA) is 95.7 Å². The minimum atomic E-state index is -1.21. The molecule has 1 aromatic carbocycles. The Morgan fingerprint density at radius 2 is 1.65 bits per heavy atom. The van der Waals surface area contributed by atoms with Crippen LogP contribution < -0.4 is 11.1 Å². The highest BCUT2D eigenvalue weighted by Crippen LogP contribution is 2.40. The molecule has 4 atom stereocenters. The van der Waals surface area contributed by atoms with Crippen molar-refractivity contribution in [2.24, 2.45) is 17.6 Å². The van der Waals surface area contributed by atoms with Gasteiger partial charge in [0.1, 0.15) is 5.82 Å². The predicted molar refractivity (Wildman–Crippen MR) is 108 cm³/mol. The molecule has 2 amide bonds. The molecule has 3 unspecified atom stereocenters. The Morgan fingerprint density at radius 3 is 2.23 bits per heavy atom. The van der Waals surface area contributed by atoms with E-state index in [1.807, 2.05) is 4.90 Å². The standard InChI is InChI=1S/C21H26F3N3O2.CH4O/c22-16-9-18(24)17(23)7-12(16)8-19(25)13-5-14-3-4-15(6-13)27(14)20(28)10-26-21(29)11-1-2-11;1-2/h7,9,11,13-15,19H,1-6,8,10,25H2,(H,26,29);2H,1H3/t13?,14-,15?,19?;/m1./s1. The number of carbonyl (C=O) groups is 2. The predicted octanol–water partition coefficient (Wildman–Crippen LogP) is 1.88. The van der Waals surface area contributed by atoms with Crippen LogP contribution in [0.25, 0.3) is 0 Å². The molecule has 6 nitrogen and oxygen atoms in total. The van der Waals surface area contributed by atoms with Crippen LogP contribution in [0.4, 0.5) is 13.2 Å². The summed E-state index contributed by atoms with van der Waals surface area (Å²) in [6.07, 6.45) is 5.08. The fourth-order valence-corrected chi connectivity index (χ4v) is 4.86. The number of rotatable bonds is 6. The average Bonchev–Trinajstić information content (AvgIpc) is 3.56. The third kappa shape index (κ3) is 5.38. The van der Waals surface area contributed by atoms with Gasteiger partial charge in [-0.2, -0.15) is 0 Å². The number of benzene rings is 1. The molecule has 1 aromatic rings. The van der Waals surface area contributed by atoms with Crippen molar-refractivity contribution in [3.05, 3.63) is 35.1 Å². The van der Waals surface area contributed by atoms with Gasteiger partial charge in [0.15, 0.2) is 11.6 Å². The second kappa shape index (κ2) is 9.99. The molecule has 172 valence electrons. The first kappa shape index (κ1) is 23.5. The molecule has 0 spiro atoms. The fourth-order valence-electron chi connectivity index (χ4n) is 4.86. The number of nitrogens with two attached hydrogens (primary N) is 1. The van der Waals surface area contributed by atoms with Crippen LogP contribution in [-0.4, -0.2) is 53.6 Å². The minimum Gasteiger partial charge on any atom is -0.400 e. The maximum atomic E-state index is 14.0. The van der Waals surface area contributed by atoms with Crippen LogP contribution in [0, 0.1) is 29.3 Å². The lowest BCUT2D eigenvalue weighted by Crippen LogP contribution is -2.52. The van der Waals surface area contributed by atoms with E-state index < -0.39 is 23.5 Å². The van der Waals surface area contributed by atoms with E-state index >= 15 is 0 Å². The highest BCUT2D eigenvalue weighted by atomic mass is 19.2. The van der Waals surface area contributed by atoms with Crippen LogP contribution >= 0.6 is 0 Å². The smallest absolute Gasteiger partial charge is 0.242 e. The van der Waals surface area contributed by atoms with Crippen molar-refractivity contribution >= 4 is 11.8 Å². The molecule has 0 radical (unpaired) electrons. The third-order valence-corrected chi connectivity index (χ3v) is 6.57. The van der Waals surface area contributed by atoms with Gasteiger partial charge in [-0.05, 0) is 62.5 Å². The molecule has 0 aromatic heterocycles. The first-order valence-corrected chi connectivity index (χ1v) is 10.8. The molecule has 1 saturated carbocycles. The molecule has 31 heavy (non-hydrogen) atoms. The van der Waals surface area contributed by atoms with Gasteiger partial charge in [-0.25, -0.2) is 13.2 Å². The van der Waals surface area contributed by atoms with Crippen molar-refractivity contribution in [3.63, 3.8) is 0 Å². The molecule has 1 aliphatic carbocycles. The molecule has 4 rings (SSSR count). The lowest BCUT2D eigenvalue weighted by atomic mass is 9.82. The quantitative estimate of drug-likeness (QED) is 0.588. The normalized spacial score (nSPS) is 25.5. The maximum Gasteiger partial charge on any atom is 0.242 e. The lowest BCUT2D eigenvalue weighted by molar-refractivity contribution is -0.137. The number of aliphatic hydroxyl groups is 1. The van der Waals surface area contributed by atoms with E-state index in [0.29, 0.717) is 18.9 Å². The zero-order valence-corrected chi connectivity index (χ0v) is 17.6. The third-order valence-electron chi connectivity index (χ3n) is 6.57. The second-order valence-electron chi connectivity index (χ2n) is 8.64. The lowest BCUT2D eigenvalue weighted by Gasteiger charge is -2.41. The van der Waals surface area contributed by atoms with Gasteiger partial charge < -0.3 is 21.1 Å². The number of hydrogen-bond acceptors (Lipinski definition) is 4. The summed E-state index contributed by atoms with van der Waals surface area (Å²) >= 11 is 0. The zero-order chi connectivity index (χ0) is 22.7. The second-order valence-corrected chi connectivity index (χ2v) is 8.64. The summed E-state index contributed by atoms with van der Waals surface area (Å²) < 4.78 is 40.5. The Kier molecular flexibility index (Phi) is 7.59. The van der Waals surface area contributed by atoms with Crippen molar-refractivity contribution in [2.75, 3.05) is 13.7 Å². The van der Waals surface area contributed by atoms with E-state index in [-0.39, 0.29) is 54.3 Å². The van der Waals surface area contributed by atoms with Crippen LogP contribution in [0.2, 0.25) is 0 Å². The van der Waals surface area contributed by atoms with Crippen LogP contribution in [0.3, 0.4) is 0 Å². The number of fused-ring (bicyclic) bond motifs is 2. The van der Waals surface area contributed by atoms with Gasteiger partial charge in [0.05, 0.1) is 6.54 Å². The Hall–Kier alpha value is -2.13. The number of amides is 2. The molecular weight excluding hydrogens is 411 g/mol. The van der Waals surface area contributed by atoms with Crippen molar-refractivity contribution < 1.29 is 27.9 Å². The molecule has 2 saturated heterocycles. The number of carbonyl (C=O) groups excluding carboxylic acids is 2. The molecular formula is C22H30F3N3O3. The molecule has 2 bridgehead atoms. The fraction of sp³-hybridized carbons (Fsp3) is 0.636. The highest BCUT2D eigenvalue weighted by molar-refractivity contribution is 5.87. The summed E-state index contributed by atoms with van der Waals surface area (Å²) in [5, 5.41) is 9.73. The minimum absolute atomic E-state index is 0.0269. The molecule has 9 heteroatoms. The Morgan fingerprint density at radius 1 is 1.06 bits per heavy atom. The van der Waals surface area contributed by atoms with Gasteiger partial charge >= 0.3 is 0 Å². The van der Waals surface area contributed by atoms with Crippen molar-refractivity contribution in [1.29, 1.82) is 0 Å². The first-order chi connectivity index (χ1) is 14.8. The van der Waals surface area contributed by atoms with Crippen molar-refractivity contribution in [2.45, 2.75) is 63.1 Å². The van der Waals surface area contributed by atoms with Crippen LogP contribution in [0.5, 0.6) is 0 Å². The van der Waals surface area contributed by atoms with Gasteiger partial charge in [0, 0.05) is 37.2 Å². The van der Waals surface area contributed by atoms with E-state index in [1.54, 1.807) is 0 Å². The molecule has 2 aliphatic heterocycles. The number of halogens is 3. The molecule has 4 N–H and O–H groups in total. The van der Waals surface area contributed by atoms with E-state index in [4.69, 9.17) is 10.8 Å². The number of nitrogens with one attached hydrogen (secondary N) is 1. The summed E-state index contributed by atoms with van der Waals surface area (Å²) in [5.41, 5.74) is 6.38. The van der Waals surface area contributed by atoms with Gasteiger partial charge in [-0.15, -0.1) is 0 Å². The van der Waals surface area contributed by atoms with E-state index in [1.165, 1.54) is 0 Å². The Balaban J connectivity index is 0.00000132. The Labute approximate surface area is 180 Å². The summed E-state index contributed by atoms with van der Waals surface area (Å²) in [4.78, 5) is 26.3. The monoisotopic (exact) mass is 441 g/mol. The average molecular weight is 441 g/mol. The number of piperidine rings is 1. The highest BCUT2D eigenvalue weighted by Gasteiger charge is 2.44. The Bertz CT molecular complexity index is 805. The van der Waals surface area contributed by atoms with E-state index in [2.05, 4.69) is 5.32 Å². The molecule has 3 fully saturated rings. The van der Waals surface area contributed by atoms with Gasteiger partial charge in [0.2, 0.25) is 11.8 Å². The summed E-state index contributed by atoms with van der Waals surface area (Å²) in [6.45, 7) is 0.0269. The van der Waals surface area contributed by atoms with Gasteiger partial charge in [-0.3, -0.25) is 9.59 Å².